The van der Waals surface area contributed by atoms with Gasteiger partial charge in [-0.25, -0.2) is 0 Å². The number of anilines is 3. The summed E-state index contributed by atoms with van der Waals surface area (Å²) in [6, 6.07) is 14.1. The number of halogens is 3. The largest absolute Gasteiger partial charge is 0.416 e. The van der Waals surface area contributed by atoms with E-state index in [9.17, 15) is 13.2 Å². The molecule has 2 aromatic rings. The van der Waals surface area contributed by atoms with Crippen LogP contribution < -0.4 is 9.80 Å². The number of rotatable bonds is 1. The van der Waals surface area contributed by atoms with Gasteiger partial charge in [0.15, 0.2) is 0 Å². The van der Waals surface area contributed by atoms with E-state index in [-0.39, 0.29) is 0 Å². The normalized spacial score (nSPS) is 22.0. The van der Waals surface area contributed by atoms with Gasteiger partial charge in [0.05, 0.1) is 16.9 Å². The zero-order chi connectivity index (χ0) is 18.5. The molecule has 0 aliphatic carbocycles. The van der Waals surface area contributed by atoms with Crippen molar-refractivity contribution in [3.8, 4) is 0 Å². The molecule has 1 atom stereocenters. The summed E-state index contributed by atoms with van der Waals surface area (Å²) in [5.74, 6) is 0. The van der Waals surface area contributed by atoms with Crippen molar-refractivity contribution in [1.82, 2.24) is 0 Å². The fourth-order valence-electron chi connectivity index (χ4n) is 4.26. The molecule has 26 heavy (non-hydrogen) atoms. The molecule has 4 rings (SSSR count). The topological polar surface area (TPSA) is 6.48 Å². The van der Waals surface area contributed by atoms with Gasteiger partial charge in [0.1, 0.15) is 0 Å². The van der Waals surface area contributed by atoms with E-state index in [0.717, 1.165) is 37.3 Å². The second-order valence-electron chi connectivity index (χ2n) is 8.11. The molecule has 2 aromatic carbocycles. The summed E-state index contributed by atoms with van der Waals surface area (Å²) in [5, 5.41) is 0. The molecule has 5 heteroatoms. The number of hydrogen-bond donors (Lipinski definition) is 0. The van der Waals surface area contributed by atoms with Crippen molar-refractivity contribution in [3.63, 3.8) is 0 Å². The monoisotopic (exact) mass is 360 g/mol. The summed E-state index contributed by atoms with van der Waals surface area (Å²) in [5.41, 5.74) is 2.75. The zero-order valence-corrected chi connectivity index (χ0v) is 15.1. The van der Waals surface area contributed by atoms with Gasteiger partial charge < -0.3 is 9.80 Å². The average Bonchev–Trinajstić information content (AvgIpc) is 2.59. The minimum atomic E-state index is -4.30. The Labute approximate surface area is 152 Å². The van der Waals surface area contributed by atoms with Crippen molar-refractivity contribution in [3.05, 3.63) is 54.1 Å². The van der Waals surface area contributed by atoms with Crippen LogP contribution in [0.1, 0.15) is 32.3 Å². The van der Waals surface area contributed by atoms with Crippen molar-refractivity contribution >= 4 is 17.1 Å². The third-order valence-corrected chi connectivity index (χ3v) is 5.64. The smallest absolute Gasteiger partial charge is 0.365 e. The molecule has 0 radical (unpaired) electrons. The van der Waals surface area contributed by atoms with Crippen LogP contribution in [-0.2, 0) is 6.18 Å². The lowest BCUT2D eigenvalue weighted by Gasteiger charge is -2.51. The fraction of sp³-hybridized carbons (Fsp3) is 0.429. The minimum absolute atomic E-state index is 0.291. The molecule has 2 heterocycles. The van der Waals surface area contributed by atoms with E-state index in [1.54, 1.807) is 12.1 Å². The molecule has 0 saturated carbocycles. The van der Waals surface area contributed by atoms with Gasteiger partial charge in [0.2, 0.25) is 0 Å². The molecular formula is C21H23F3N2. The SMILES string of the molecule is CC1(C)CCN2c3ccccc3N(c3ccc(C(F)(F)F)cc3)CC2C1. The first-order chi connectivity index (χ1) is 12.2. The van der Waals surface area contributed by atoms with E-state index in [0.29, 0.717) is 11.5 Å². The van der Waals surface area contributed by atoms with E-state index in [4.69, 9.17) is 0 Å². The van der Waals surface area contributed by atoms with Crippen LogP contribution in [0.15, 0.2) is 48.5 Å². The van der Waals surface area contributed by atoms with E-state index >= 15 is 0 Å². The van der Waals surface area contributed by atoms with E-state index in [1.807, 2.05) is 12.1 Å². The first-order valence-electron chi connectivity index (χ1n) is 9.05. The molecule has 2 aliphatic heterocycles. The zero-order valence-electron chi connectivity index (χ0n) is 15.1. The molecule has 0 amide bonds. The lowest BCUT2D eigenvalue weighted by atomic mass is 9.77. The second kappa shape index (κ2) is 5.93. The quantitative estimate of drug-likeness (QED) is 0.629. The third-order valence-electron chi connectivity index (χ3n) is 5.64. The molecule has 1 saturated heterocycles. The van der Waals surface area contributed by atoms with Gasteiger partial charge in [-0.15, -0.1) is 0 Å². The third kappa shape index (κ3) is 3.04. The van der Waals surface area contributed by atoms with Crippen LogP contribution in [0, 0.1) is 5.41 Å². The number of fused-ring (bicyclic) bond motifs is 3. The van der Waals surface area contributed by atoms with Gasteiger partial charge in [0.25, 0.3) is 0 Å². The van der Waals surface area contributed by atoms with Crippen molar-refractivity contribution in [1.29, 1.82) is 0 Å². The Bertz CT molecular complexity index is 796. The van der Waals surface area contributed by atoms with Crippen LogP contribution in [0.4, 0.5) is 30.2 Å². The molecule has 2 nitrogen and oxygen atoms in total. The fourth-order valence-corrected chi connectivity index (χ4v) is 4.26. The highest BCUT2D eigenvalue weighted by Gasteiger charge is 2.39. The first-order valence-corrected chi connectivity index (χ1v) is 9.05. The van der Waals surface area contributed by atoms with Gasteiger partial charge in [0, 0.05) is 24.8 Å². The number of alkyl halides is 3. The molecule has 2 aliphatic rings. The Morgan fingerprint density at radius 2 is 1.62 bits per heavy atom. The lowest BCUT2D eigenvalue weighted by molar-refractivity contribution is -0.137. The van der Waals surface area contributed by atoms with E-state index < -0.39 is 11.7 Å². The molecule has 0 N–H and O–H groups in total. The summed E-state index contributed by atoms with van der Waals surface area (Å²) in [4.78, 5) is 4.64. The van der Waals surface area contributed by atoms with Crippen molar-refractivity contribution in [2.24, 2.45) is 5.41 Å². The van der Waals surface area contributed by atoms with Crippen LogP contribution in [0.2, 0.25) is 0 Å². The average molecular weight is 360 g/mol. The molecule has 138 valence electrons. The predicted molar refractivity (Wildman–Crippen MR) is 99.0 cm³/mol. The summed E-state index contributed by atoms with van der Waals surface area (Å²) >= 11 is 0. The summed E-state index contributed by atoms with van der Waals surface area (Å²) in [7, 11) is 0. The highest BCUT2D eigenvalue weighted by molar-refractivity contribution is 5.80. The maximum absolute atomic E-state index is 12.9. The molecular weight excluding hydrogens is 337 g/mol. The summed E-state index contributed by atoms with van der Waals surface area (Å²) in [6.45, 7) is 6.42. The Morgan fingerprint density at radius 1 is 0.962 bits per heavy atom. The minimum Gasteiger partial charge on any atom is -0.365 e. The molecule has 1 fully saturated rings. The number of para-hydroxylation sites is 2. The van der Waals surface area contributed by atoms with E-state index in [2.05, 4.69) is 35.8 Å². The van der Waals surface area contributed by atoms with Crippen LogP contribution in [0.5, 0.6) is 0 Å². The van der Waals surface area contributed by atoms with Gasteiger partial charge >= 0.3 is 6.18 Å². The van der Waals surface area contributed by atoms with Crippen LogP contribution in [-0.4, -0.2) is 19.1 Å². The van der Waals surface area contributed by atoms with Crippen molar-refractivity contribution in [2.75, 3.05) is 22.9 Å². The number of benzene rings is 2. The highest BCUT2D eigenvalue weighted by Crippen LogP contribution is 2.45. The molecule has 0 aromatic heterocycles. The van der Waals surface area contributed by atoms with Crippen molar-refractivity contribution in [2.45, 2.75) is 38.9 Å². The summed E-state index contributed by atoms with van der Waals surface area (Å²) < 4.78 is 38.7. The second-order valence-corrected chi connectivity index (χ2v) is 8.11. The Balaban J connectivity index is 1.72. The standard InChI is InChI=1S/C21H23F3N2/c1-20(2)11-12-25-17(13-20)14-26(19-6-4-3-5-18(19)25)16-9-7-15(8-10-16)21(22,23)24/h3-10,17H,11-14H2,1-2H3. The number of hydrogen-bond acceptors (Lipinski definition) is 2. The van der Waals surface area contributed by atoms with Gasteiger partial charge in [-0.05, 0) is 54.7 Å². The Morgan fingerprint density at radius 3 is 2.27 bits per heavy atom. The van der Waals surface area contributed by atoms with Crippen LogP contribution in [0.3, 0.4) is 0 Å². The lowest BCUT2D eigenvalue weighted by Crippen LogP contribution is -2.53. The van der Waals surface area contributed by atoms with Gasteiger partial charge in [-0.2, -0.15) is 13.2 Å². The molecule has 0 bridgehead atoms. The first kappa shape index (κ1) is 17.3. The van der Waals surface area contributed by atoms with Gasteiger partial charge in [-0.1, -0.05) is 26.0 Å². The number of nitrogens with zero attached hydrogens (tertiary/aromatic N) is 2. The predicted octanol–water partition coefficient (Wildman–Crippen LogP) is 5.85. The van der Waals surface area contributed by atoms with E-state index in [1.165, 1.54) is 17.8 Å². The van der Waals surface area contributed by atoms with Crippen molar-refractivity contribution < 1.29 is 13.2 Å². The maximum atomic E-state index is 12.9. The van der Waals surface area contributed by atoms with Crippen LogP contribution in [0.25, 0.3) is 0 Å². The number of piperidine rings is 1. The highest BCUT2D eigenvalue weighted by atomic mass is 19.4. The van der Waals surface area contributed by atoms with Gasteiger partial charge in [-0.3, -0.25) is 0 Å². The Hall–Kier alpha value is -2.17. The molecule has 1 unspecified atom stereocenters. The van der Waals surface area contributed by atoms with Crippen LogP contribution >= 0.6 is 0 Å². The molecule has 0 spiro atoms. The maximum Gasteiger partial charge on any atom is 0.416 e. The Kier molecular flexibility index (Phi) is 3.94. The summed E-state index contributed by atoms with van der Waals surface area (Å²) in [6.07, 6.45) is -2.07.